The molecule has 1 aromatic rings. The van der Waals surface area contributed by atoms with Crippen LogP contribution in [0.5, 0.6) is 0 Å². The zero-order chi connectivity index (χ0) is 15.6. The van der Waals surface area contributed by atoms with Gasteiger partial charge in [0.05, 0.1) is 16.6 Å². The molecule has 6 nitrogen and oxygen atoms in total. The van der Waals surface area contributed by atoms with Crippen molar-refractivity contribution in [3.63, 3.8) is 0 Å². The first kappa shape index (κ1) is 15.5. The van der Waals surface area contributed by atoms with Gasteiger partial charge in [-0.25, -0.2) is 8.42 Å². The number of likely N-dealkylation sites (tertiary alicyclic amines) is 1. The van der Waals surface area contributed by atoms with Crippen molar-refractivity contribution in [1.82, 2.24) is 4.90 Å². The van der Waals surface area contributed by atoms with Crippen molar-refractivity contribution in [3.05, 3.63) is 29.8 Å². The van der Waals surface area contributed by atoms with Crippen LogP contribution in [0.1, 0.15) is 23.7 Å². The highest BCUT2D eigenvalue weighted by molar-refractivity contribution is 7.91. The molecule has 1 atom stereocenters. The summed E-state index contributed by atoms with van der Waals surface area (Å²) in [7, 11) is -3.37. The van der Waals surface area contributed by atoms with Crippen molar-refractivity contribution in [1.29, 1.82) is 0 Å². The van der Waals surface area contributed by atoms with E-state index in [1.54, 1.807) is 13.0 Å². The van der Waals surface area contributed by atoms with Crippen LogP contribution in [-0.4, -0.2) is 49.1 Å². The number of rotatable bonds is 4. The lowest BCUT2D eigenvalue weighted by atomic mass is 10.1. The van der Waals surface area contributed by atoms with E-state index in [0.29, 0.717) is 13.0 Å². The smallest absolute Gasteiger partial charge is 0.308 e. The molecule has 0 saturated carbocycles. The van der Waals surface area contributed by atoms with Crippen LogP contribution in [-0.2, 0) is 14.6 Å². The van der Waals surface area contributed by atoms with Gasteiger partial charge in [0.15, 0.2) is 9.84 Å². The molecule has 1 fully saturated rings. The molecule has 1 aliphatic heterocycles. The minimum absolute atomic E-state index is 0.0323. The molecule has 21 heavy (non-hydrogen) atoms. The number of carbonyl (C=O) groups is 2. The zero-order valence-corrected chi connectivity index (χ0v) is 12.5. The predicted octanol–water partition coefficient (Wildman–Crippen LogP) is 1.03. The van der Waals surface area contributed by atoms with Crippen LogP contribution in [0.3, 0.4) is 0 Å². The Labute approximate surface area is 123 Å². The summed E-state index contributed by atoms with van der Waals surface area (Å²) in [6.45, 7) is 2.08. The summed E-state index contributed by atoms with van der Waals surface area (Å²) in [6.07, 6.45) is 0.425. The van der Waals surface area contributed by atoms with Crippen LogP contribution < -0.4 is 0 Å². The Hall–Kier alpha value is -1.89. The van der Waals surface area contributed by atoms with Crippen molar-refractivity contribution in [3.8, 4) is 0 Å². The van der Waals surface area contributed by atoms with Gasteiger partial charge in [-0.1, -0.05) is 13.0 Å². The third kappa shape index (κ3) is 3.24. The fraction of sp³-hybridized carbons (Fsp3) is 0.429. The number of hydrogen-bond donors (Lipinski definition) is 1. The Morgan fingerprint density at radius 2 is 2.10 bits per heavy atom. The van der Waals surface area contributed by atoms with Gasteiger partial charge in [0.1, 0.15) is 0 Å². The molecule has 1 amide bonds. The number of nitrogens with zero attached hydrogens (tertiary/aromatic N) is 1. The number of carbonyl (C=O) groups excluding carboxylic acids is 1. The third-order valence-corrected chi connectivity index (χ3v) is 5.38. The van der Waals surface area contributed by atoms with E-state index in [1.807, 2.05) is 0 Å². The van der Waals surface area contributed by atoms with E-state index in [-0.39, 0.29) is 28.7 Å². The molecular formula is C14H17NO5S. The highest BCUT2D eigenvalue weighted by Gasteiger charge is 2.31. The first-order valence-electron chi connectivity index (χ1n) is 6.70. The first-order valence-corrected chi connectivity index (χ1v) is 8.35. The Balaban J connectivity index is 2.21. The molecule has 0 spiro atoms. The van der Waals surface area contributed by atoms with Gasteiger partial charge < -0.3 is 10.0 Å². The molecule has 1 heterocycles. The normalized spacial score (nSPS) is 18.7. The standard InChI is InChI=1S/C14H17NO5S/c1-2-21(19,20)12-5-3-4-10(8-12)13(16)15-7-6-11(9-15)14(17)18/h3-5,8,11H,2,6-7,9H2,1H3,(H,17,18). The summed E-state index contributed by atoms with van der Waals surface area (Å²) in [5, 5.41) is 8.95. The van der Waals surface area contributed by atoms with Crippen LogP contribution in [0.2, 0.25) is 0 Å². The van der Waals surface area contributed by atoms with Gasteiger partial charge in [0.25, 0.3) is 5.91 Å². The summed E-state index contributed by atoms with van der Waals surface area (Å²) in [5.41, 5.74) is 0.274. The van der Waals surface area contributed by atoms with Gasteiger partial charge in [-0.05, 0) is 24.6 Å². The molecule has 7 heteroatoms. The summed E-state index contributed by atoms with van der Waals surface area (Å²) in [6, 6.07) is 5.89. The van der Waals surface area contributed by atoms with Crippen LogP contribution >= 0.6 is 0 Å². The molecular weight excluding hydrogens is 294 g/mol. The van der Waals surface area contributed by atoms with Gasteiger partial charge in [-0.2, -0.15) is 0 Å². The van der Waals surface area contributed by atoms with E-state index in [1.165, 1.54) is 23.1 Å². The molecule has 114 valence electrons. The minimum Gasteiger partial charge on any atom is -0.481 e. The Bertz CT molecular complexity index is 668. The number of sulfone groups is 1. The summed E-state index contributed by atoms with van der Waals surface area (Å²) in [4.78, 5) is 24.8. The van der Waals surface area contributed by atoms with Crippen molar-refractivity contribution in [2.75, 3.05) is 18.8 Å². The number of carboxylic acids is 1. The van der Waals surface area contributed by atoms with Crippen molar-refractivity contribution < 1.29 is 23.1 Å². The molecule has 2 rings (SSSR count). The molecule has 0 bridgehead atoms. The number of aliphatic carboxylic acids is 1. The molecule has 0 radical (unpaired) electrons. The third-order valence-electron chi connectivity index (χ3n) is 3.64. The molecule has 1 aromatic carbocycles. The van der Waals surface area contributed by atoms with E-state index in [9.17, 15) is 18.0 Å². The fourth-order valence-electron chi connectivity index (χ4n) is 2.32. The van der Waals surface area contributed by atoms with Crippen LogP contribution in [0, 0.1) is 5.92 Å². The van der Waals surface area contributed by atoms with Gasteiger partial charge in [0, 0.05) is 18.7 Å². The summed E-state index contributed by atoms with van der Waals surface area (Å²) < 4.78 is 23.7. The predicted molar refractivity (Wildman–Crippen MR) is 75.8 cm³/mol. The van der Waals surface area contributed by atoms with Gasteiger partial charge in [-0.3, -0.25) is 9.59 Å². The average Bonchev–Trinajstić information content (AvgIpc) is 2.96. The number of hydrogen-bond acceptors (Lipinski definition) is 4. The lowest BCUT2D eigenvalue weighted by Gasteiger charge is -2.16. The Kier molecular flexibility index (Phi) is 4.32. The van der Waals surface area contributed by atoms with E-state index in [0.717, 1.165) is 0 Å². The van der Waals surface area contributed by atoms with E-state index < -0.39 is 21.7 Å². The Morgan fingerprint density at radius 1 is 1.38 bits per heavy atom. The minimum atomic E-state index is -3.37. The second kappa shape index (κ2) is 5.85. The fourth-order valence-corrected chi connectivity index (χ4v) is 3.24. The molecule has 1 aliphatic rings. The quantitative estimate of drug-likeness (QED) is 0.896. The van der Waals surface area contributed by atoms with Gasteiger partial charge in [0.2, 0.25) is 0 Å². The maximum atomic E-state index is 12.3. The van der Waals surface area contributed by atoms with Gasteiger partial charge >= 0.3 is 5.97 Å². The number of amides is 1. The SMILES string of the molecule is CCS(=O)(=O)c1cccc(C(=O)N2CCC(C(=O)O)C2)c1. The average molecular weight is 311 g/mol. The van der Waals surface area contributed by atoms with Crippen molar-refractivity contribution >= 4 is 21.7 Å². The Morgan fingerprint density at radius 3 is 2.67 bits per heavy atom. The lowest BCUT2D eigenvalue weighted by Crippen LogP contribution is -2.30. The van der Waals surface area contributed by atoms with E-state index >= 15 is 0 Å². The largest absolute Gasteiger partial charge is 0.481 e. The maximum absolute atomic E-state index is 12.3. The summed E-state index contributed by atoms with van der Waals surface area (Å²) >= 11 is 0. The molecule has 1 saturated heterocycles. The van der Waals surface area contributed by atoms with Crippen LogP contribution in [0.15, 0.2) is 29.2 Å². The topological polar surface area (TPSA) is 91.8 Å². The second-order valence-corrected chi connectivity index (χ2v) is 7.28. The van der Waals surface area contributed by atoms with Crippen molar-refractivity contribution in [2.24, 2.45) is 5.92 Å². The van der Waals surface area contributed by atoms with E-state index in [2.05, 4.69) is 0 Å². The highest BCUT2D eigenvalue weighted by atomic mass is 32.2. The first-order chi connectivity index (χ1) is 9.85. The molecule has 0 aliphatic carbocycles. The van der Waals surface area contributed by atoms with Crippen LogP contribution in [0.25, 0.3) is 0 Å². The maximum Gasteiger partial charge on any atom is 0.308 e. The van der Waals surface area contributed by atoms with Gasteiger partial charge in [-0.15, -0.1) is 0 Å². The van der Waals surface area contributed by atoms with E-state index in [4.69, 9.17) is 5.11 Å². The molecule has 1 unspecified atom stereocenters. The number of carboxylic acid groups (broad SMARTS) is 1. The molecule has 1 N–H and O–H groups in total. The second-order valence-electron chi connectivity index (χ2n) is 5.01. The monoisotopic (exact) mass is 311 g/mol. The van der Waals surface area contributed by atoms with Crippen LogP contribution in [0.4, 0.5) is 0 Å². The zero-order valence-electron chi connectivity index (χ0n) is 11.7. The van der Waals surface area contributed by atoms with Crippen molar-refractivity contribution in [2.45, 2.75) is 18.2 Å². The molecule has 0 aromatic heterocycles. The highest BCUT2D eigenvalue weighted by Crippen LogP contribution is 2.20. The number of benzene rings is 1. The summed E-state index contributed by atoms with van der Waals surface area (Å²) in [5.74, 6) is -1.81. The lowest BCUT2D eigenvalue weighted by molar-refractivity contribution is -0.141.